The Morgan fingerprint density at radius 3 is 2.38 bits per heavy atom. The van der Waals surface area contributed by atoms with Gasteiger partial charge in [-0.25, -0.2) is 0 Å². The fourth-order valence-electron chi connectivity index (χ4n) is 2.09. The maximum atomic E-state index is 12.8. The van der Waals surface area contributed by atoms with E-state index in [2.05, 4.69) is 0 Å². The third-order valence-electron chi connectivity index (χ3n) is 2.87. The summed E-state index contributed by atoms with van der Waals surface area (Å²) in [6.07, 6.45) is 1.40. The normalized spacial score (nSPS) is 17.1. The third-order valence-corrected chi connectivity index (χ3v) is 2.87. The van der Waals surface area contributed by atoms with E-state index in [1.165, 1.54) is 6.07 Å². The third kappa shape index (κ3) is 2.29. The molecule has 1 aromatic carbocycles. The lowest BCUT2D eigenvalue weighted by Gasteiger charge is -2.17. The molecule has 0 nitrogen and oxygen atoms in total. The van der Waals surface area contributed by atoms with Gasteiger partial charge in [-0.05, 0) is 42.9 Å². The molecule has 0 spiro atoms. The number of alkyl halides is 3. The number of rotatable bonds is 1. The van der Waals surface area contributed by atoms with Crippen molar-refractivity contribution in [3.05, 3.63) is 41.5 Å². The Bertz CT molecular complexity index is 402. The highest BCUT2D eigenvalue weighted by molar-refractivity contribution is 5.69. The summed E-state index contributed by atoms with van der Waals surface area (Å²) < 4.78 is 38.3. The largest absolute Gasteiger partial charge is 0.416 e. The molecule has 0 atom stereocenters. The Labute approximate surface area is 92.8 Å². The van der Waals surface area contributed by atoms with Crippen LogP contribution < -0.4 is 0 Å². The van der Waals surface area contributed by atoms with Crippen molar-refractivity contribution in [3.63, 3.8) is 0 Å². The van der Waals surface area contributed by atoms with Crippen molar-refractivity contribution in [2.45, 2.75) is 31.9 Å². The van der Waals surface area contributed by atoms with Gasteiger partial charge in [0.15, 0.2) is 0 Å². The van der Waals surface area contributed by atoms with E-state index < -0.39 is 11.7 Å². The predicted octanol–water partition coefficient (Wildman–Crippen LogP) is 4.66. The molecule has 0 amide bonds. The summed E-state index contributed by atoms with van der Waals surface area (Å²) in [5, 5.41) is 0. The summed E-state index contributed by atoms with van der Waals surface area (Å²) in [5.41, 5.74) is 0.692. The molecular formula is C13H13F3. The van der Waals surface area contributed by atoms with Gasteiger partial charge in [0.2, 0.25) is 0 Å². The average Bonchev–Trinajstić information content (AvgIpc) is 2.29. The Morgan fingerprint density at radius 2 is 1.75 bits per heavy atom. The van der Waals surface area contributed by atoms with E-state index in [1.807, 2.05) is 6.08 Å². The Kier molecular flexibility index (Phi) is 3.03. The molecule has 1 aliphatic rings. The van der Waals surface area contributed by atoms with Crippen LogP contribution in [-0.4, -0.2) is 0 Å². The number of allylic oxidation sites excluding steroid dienone is 2. The molecule has 1 aliphatic carbocycles. The maximum absolute atomic E-state index is 12.8. The molecule has 0 bridgehead atoms. The number of benzene rings is 1. The van der Waals surface area contributed by atoms with E-state index in [0.717, 1.165) is 37.3 Å². The van der Waals surface area contributed by atoms with Crippen LogP contribution in [0.5, 0.6) is 0 Å². The molecule has 0 heterocycles. The van der Waals surface area contributed by atoms with Crippen LogP contribution in [0.2, 0.25) is 0 Å². The van der Waals surface area contributed by atoms with Gasteiger partial charge in [0.25, 0.3) is 0 Å². The molecule has 0 fully saturated rings. The molecule has 0 radical (unpaired) electrons. The van der Waals surface area contributed by atoms with E-state index in [0.29, 0.717) is 5.56 Å². The van der Waals surface area contributed by atoms with Crippen molar-refractivity contribution < 1.29 is 13.2 Å². The first-order valence-corrected chi connectivity index (χ1v) is 5.44. The number of halogens is 3. The van der Waals surface area contributed by atoms with Crippen LogP contribution in [-0.2, 0) is 6.18 Å². The Morgan fingerprint density at radius 1 is 1.00 bits per heavy atom. The minimum atomic E-state index is -4.26. The zero-order valence-corrected chi connectivity index (χ0v) is 8.85. The van der Waals surface area contributed by atoms with Crippen LogP contribution in [0, 0.1) is 0 Å². The molecule has 1 aromatic rings. The van der Waals surface area contributed by atoms with E-state index in [9.17, 15) is 13.2 Å². The molecule has 0 unspecified atom stereocenters. The van der Waals surface area contributed by atoms with Gasteiger partial charge in [-0.15, -0.1) is 0 Å². The Hall–Kier alpha value is -1.25. The fourth-order valence-corrected chi connectivity index (χ4v) is 2.09. The first-order chi connectivity index (χ1) is 7.59. The lowest BCUT2D eigenvalue weighted by atomic mass is 9.90. The second-order valence-electron chi connectivity index (χ2n) is 4.02. The second-order valence-corrected chi connectivity index (χ2v) is 4.02. The van der Waals surface area contributed by atoms with Crippen molar-refractivity contribution in [3.8, 4) is 0 Å². The summed E-state index contributed by atoms with van der Waals surface area (Å²) >= 11 is 0. The summed E-state index contributed by atoms with van der Waals surface area (Å²) in [6.45, 7) is 0. The molecule has 0 N–H and O–H groups in total. The molecule has 2 rings (SSSR count). The van der Waals surface area contributed by atoms with E-state index in [-0.39, 0.29) is 0 Å². The van der Waals surface area contributed by atoms with Gasteiger partial charge in [-0.2, -0.15) is 13.2 Å². The van der Waals surface area contributed by atoms with Crippen LogP contribution in [0.3, 0.4) is 0 Å². The van der Waals surface area contributed by atoms with Gasteiger partial charge in [0.05, 0.1) is 5.56 Å². The van der Waals surface area contributed by atoms with Gasteiger partial charge in [-0.3, -0.25) is 0 Å². The molecule has 0 aromatic heterocycles. The molecule has 86 valence electrons. The predicted molar refractivity (Wildman–Crippen MR) is 57.9 cm³/mol. The van der Waals surface area contributed by atoms with Crippen LogP contribution in [0.15, 0.2) is 30.3 Å². The van der Waals surface area contributed by atoms with Crippen molar-refractivity contribution in [2.75, 3.05) is 0 Å². The zero-order chi connectivity index (χ0) is 11.6. The van der Waals surface area contributed by atoms with Crippen LogP contribution in [0.4, 0.5) is 13.2 Å². The minimum Gasteiger partial charge on any atom is -0.166 e. The fraction of sp³-hybridized carbons (Fsp3) is 0.385. The number of hydrogen-bond donors (Lipinski definition) is 0. The lowest BCUT2D eigenvalue weighted by Crippen LogP contribution is -2.09. The summed E-state index contributed by atoms with van der Waals surface area (Å²) in [7, 11) is 0. The van der Waals surface area contributed by atoms with E-state index in [1.54, 1.807) is 12.1 Å². The van der Waals surface area contributed by atoms with E-state index in [4.69, 9.17) is 0 Å². The zero-order valence-electron chi connectivity index (χ0n) is 8.85. The lowest BCUT2D eigenvalue weighted by molar-refractivity contribution is -0.137. The highest BCUT2D eigenvalue weighted by Crippen LogP contribution is 2.37. The first-order valence-electron chi connectivity index (χ1n) is 5.44. The molecule has 3 heteroatoms. The van der Waals surface area contributed by atoms with Crippen molar-refractivity contribution in [1.82, 2.24) is 0 Å². The van der Waals surface area contributed by atoms with Gasteiger partial charge in [0, 0.05) is 0 Å². The monoisotopic (exact) mass is 226 g/mol. The second kappa shape index (κ2) is 4.32. The van der Waals surface area contributed by atoms with Crippen molar-refractivity contribution >= 4 is 5.57 Å². The SMILES string of the molecule is FC(F)(F)c1ccccc1C1=CCCCC1. The van der Waals surface area contributed by atoms with Gasteiger partial charge < -0.3 is 0 Å². The minimum absolute atomic E-state index is 0.356. The standard InChI is InChI=1S/C13H13F3/c14-13(15,16)12-9-5-4-8-11(12)10-6-2-1-3-7-10/h4-6,8-9H,1-3,7H2. The number of hydrogen-bond acceptors (Lipinski definition) is 0. The van der Waals surface area contributed by atoms with Crippen LogP contribution in [0.1, 0.15) is 36.8 Å². The van der Waals surface area contributed by atoms with Crippen molar-refractivity contribution in [2.24, 2.45) is 0 Å². The molecule has 0 saturated carbocycles. The molecule has 0 saturated heterocycles. The molecule has 16 heavy (non-hydrogen) atoms. The van der Waals surface area contributed by atoms with E-state index >= 15 is 0 Å². The van der Waals surface area contributed by atoms with Crippen molar-refractivity contribution in [1.29, 1.82) is 0 Å². The van der Waals surface area contributed by atoms with Gasteiger partial charge >= 0.3 is 6.18 Å². The Balaban J connectivity index is 2.44. The highest BCUT2D eigenvalue weighted by atomic mass is 19.4. The first kappa shape index (κ1) is 11.2. The molecule has 0 aliphatic heterocycles. The summed E-state index contributed by atoms with van der Waals surface area (Å²) in [6, 6.07) is 5.83. The summed E-state index contributed by atoms with van der Waals surface area (Å²) in [4.78, 5) is 0. The van der Waals surface area contributed by atoms with Gasteiger partial charge in [0.1, 0.15) is 0 Å². The molecular weight excluding hydrogens is 213 g/mol. The highest BCUT2D eigenvalue weighted by Gasteiger charge is 2.33. The van der Waals surface area contributed by atoms with Crippen LogP contribution >= 0.6 is 0 Å². The van der Waals surface area contributed by atoms with Gasteiger partial charge in [-0.1, -0.05) is 24.3 Å². The summed E-state index contributed by atoms with van der Waals surface area (Å²) in [5.74, 6) is 0. The average molecular weight is 226 g/mol. The quantitative estimate of drug-likeness (QED) is 0.653. The van der Waals surface area contributed by atoms with Crippen LogP contribution in [0.25, 0.3) is 5.57 Å². The topological polar surface area (TPSA) is 0 Å². The smallest absolute Gasteiger partial charge is 0.166 e. The maximum Gasteiger partial charge on any atom is 0.416 e.